The topological polar surface area (TPSA) is 38.7 Å². The number of rotatable bonds is 7. The highest BCUT2D eigenvalue weighted by atomic mass is 16.6. The molecule has 0 bridgehead atoms. The maximum atomic E-state index is 10.4. The van der Waals surface area contributed by atoms with Crippen LogP contribution in [0.5, 0.6) is 0 Å². The van der Waals surface area contributed by atoms with Crippen LogP contribution < -0.4 is 0 Å². The predicted octanol–water partition coefficient (Wildman–Crippen LogP) is 4.16. The fraction of sp³-hybridized carbons (Fsp3) is 0.895. The van der Waals surface area contributed by atoms with Gasteiger partial charge in [0.05, 0.1) is 19.3 Å². The normalized spacial score (nSPS) is 35.2. The Balaban J connectivity index is 1.89. The molecule has 1 aliphatic heterocycles. The van der Waals surface area contributed by atoms with E-state index in [1.54, 1.807) is 0 Å². The van der Waals surface area contributed by atoms with Gasteiger partial charge in [-0.15, -0.1) is 6.58 Å². The van der Waals surface area contributed by atoms with Crippen molar-refractivity contribution < 1.29 is 14.6 Å². The van der Waals surface area contributed by atoms with Gasteiger partial charge in [-0.2, -0.15) is 0 Å². The molecule has 0 spiro atoms. The fourth-order valence-electron chi connectivity index (χ4n) is 4.27. The number of aliphatic hydroxyl groups is 1. The molecule has 0 amide bonds. The average molecular weight is 310 g/mol. The van der Waals surface area contributed by atoms with Crippen LogP contribution in [-0.2, 0) is 9.47 Å². The van der Waals surface area contributed by atoms with Crippen molar-refractivity contribution in [1.29, 1.82) is 0 Å². The summed E-state index contributed by atoms with van der Waals surface area (Å²) in [6.07, 6.45) is 9.81. The summed E-state index contributed by atoms with van der Waals surface area (Å²) in [5, 5.41) is 10.4. The average Bonchev–Trinajstić information content (AvgIpc) is 2.72. The van der Waals surface area contributed by atoms with Gasteiger partial charge >= 0.3 is 0 Å². The maximum absolute atomic E-state index is 10.4. The Morgan fingerprint density at radius 2 is 2.14 bits per heavy atom. The third kappa shape index (κ3) is 4.81. The molecule has 5 unspecified atom stereocenters. The van der Waals surface area contributed by atoms with Gasteiger partial charge in [0, 0.05) is 5.92 Å². The van der Waals surface area contributed by atoms with E-state index in [1.807, 2.05) is 6.08 Å². The summed E-state index contributed by atoms with van der Waals surface area (Å²) in [5.41, 5.74) is 0. The zero-order valence-electron chi connectivity index (χ0n) is 14.4. The van der Waals surface area contributed by atoms with E-state index in [0.29, 0.717) is 24.5 Å². The standard InChI is InChI=1S/C19H34O3/c1-4-5-6-12-21-19(20)15(3)17-9-7-8-16-11-10-14(2)22-13-18(16)17/h4,14-20H,1,5-13H2,2-3H3/t14?,15-,16?,17?,18?,19?/m1/s1. The summed E-state index contributed by atoms with van der Waals surface area (Å²) in [6, 6.07) is 0. The predicted molar refractivity (Wildman–Crippen MR) is 89.5 cm³/mol. The number of aliphatic hydroxyl groups excluding tert-OH is 1. The second-order valence-electron chi connectivity index (χ2n) is 7.29. The molecular formula is C19H34O3. The highest BCUT2D eigenvalue weighted by Crippen LogP contribution is 2.44. The zero-order valence-corrected chi connectivity index (χ0v) is 14.4. The van der Waals surface area contributed by atoms with E-state index >= 15 is 0 Å². The number of hydrogen-bond acceptors (Lipinski definition) is 3. The second-order valence-corrected chi connectivity index (χ2v) is 7.29. The van der Waals surface area contributed by atoms with E-state index < -0.39 is 6.29 Å². The van der Waals surface area contributed by atoms with Crippen molar-refractivity contribution in [3.05, 3.63) is 12.7 Å². The monoisotopic (exact) mass is 310 g/mol. The van der Waals surface area contributed by atoms with Gasteiger partial charge in [-0.25, -0.2) is 0 Å². The lowest BCUT2D eigenvalue weighted by Crippen LogP contribution is -2.39. The molecule has 1 N–H and O–H groups in total. The summed E-state index contributed by atoms with van der Waals surface area (Å²) in [6.45, 7) is 9.54. The van der Waals surface area contributed by atoms with Crippen LogP contribution in [0.15, 0.2) is 12.7 Å². The number of hydrogen-bond donors (Lipinski definition) is 1. The van der Waals surface area contributed by atoms with Crippen molar-refractivity contribution in [2.75, 3.05) is 13.2 Å². The van der Waals surface area contributed by atoms with Gasteiger partial charge in [-0.3, -0.25) is 0 Å². The molecular weight excluding hydrogens is 276 g/mol. The van der Waals surface area contributed by atoms with Crippen LogP contribution in [0.4, 0.5) is 0 Å². The minimum Gasteiger partial charge on any atom is -0.378 e. The number of ether oxygens (including phenoxy) is 2. The van der Waals surface area contributed by atoms with Gasteiger partial charge in [0.25, 0.3) is 0 Å². The minimum atomic E-state index is -0.644. The van der Waals surface area contributed by atoms with E-state index in [2.05, 4.69) is 20.4 Å². The van der Waals surface area contributed by atoms with E-state index in [-0.39, 0.29) is 5.92 Å². The number of unbranched alkanes of at least 4 members (excludes halogenated alkanes) is 1. The van der Waals surface area contributed by atoms with E-state index in [9.17, 15) is 5.11 Å². The second kappa shape index (κ2) is 9.05. The Hall–Kier alpha value is -0.380. The molecule has 1 heterocycles. The quantitative estimate of drug-likeness (QED) is 0.436. The zero-order chi connectivity index (χ0) is 15.9. The molecule has 2 aliphatic rings. The van der Waals surface area contributed by atoms with Gasteiger partial charge < -0.3 is 14.6 Å². The third-order valence-electron chi connectivity index (χ3n) is 5.75. The van der Waals surface area contributed by atoms with Crippen molar-refractivity contribution in [2.45, 2.75) is 71.2 Å². The highest BCUT2D eigenvalue weighted by Gasteiger charge is 2.40. The van der Waals surface area contributed by atoms with Crippen molar-refractivity contribution >= 4 is 0 Å². The molecule has 0 aromatic rings. The lowest BCUT2D eigenvalue weighted by atomic mass is 9.66. The molecule has 1 saturated heterocycles. The molecule has 6 atom stereocenters. The summed E-state index contributed by atoms with van der Waals surface area (Å²) in [4.78, 5) is 0. The molecule has 22 heavy (non-hydrogen) atoms. The first kappa shape index (κ1) is 18.0. The summed E-state index contributed by atoms with van der Waals surface area (Å²) >= 11 is 0. The molecule has 0 aromatic carbocycles. The molecule has 1 aliphatic carbocycles. The summed E-state index contributed by atoms with van der Waals surface area (Å²) in [5.74, 6) is 2.09. The van der Waals surface area contributed by atoms with E-state index in [1.165, 1.54) is 32.1 Å². The highest BCUT2D eigenvalue weighted by molar-refractivity contribution is 4.87. The Morgan fingerprint density at radius 3 is 2.91 bits per heavy atom. The Bertz CT molecular complexity index is 331. The van der Waals surface area contributed by atoms with Crippen LogP contribution in [0.25, 0.3) is 0 Å². The summed E-state index contributed by atoms with van der Waals surface area (Å²) < 4.78 is 11.7. The first-order valence-electron chi connectivity index (χ1n) is 9.15. The Kier molecular flexibility index (Phi) is 7.39. The number of fused-ring (bicyclic) bond motifs is 1. The van der Waals surface area contributed by atoms with Crippen molar-refractivity contribution in [3.8, 4) is 0 Å². The van der Waals surface area contributed by atoms with Gasteiger partial charge in [-0.1, -0.05) is 25.8 Å². The molecule has 1 saturated carbocycles. The maximum Gasteiger partial charge on any atom is 0.157 e. The number of allylic oxidation sites excluding steroid dienone is 1. The lowest BCUT2D eigenvalue weighted by Gasteiger charge is -2.41. The molecule has 0 aromatic heterocycles. The molecule has 2 rings (SSSR count). The van der Waals surface area contributed by atoms with Crippen molar-refractivity contribution in [1.82, 2.24) is 0 Å². The SMILES string of the molecule is C=CCCCOC(O)[C@H](C)C1CCCC2CCC(C)OCC21. The van der Waals surface area contributed by atoms with Crippen LogP contribution in [0.1, 0.15) is 58.8 Å². The third-order valence-corrected chi connectivity index (χ3v) is 5.75. The van der Waals surface area contributed by atoms with Gasteiger partial charge in [-0.05, 0) is 56.8 Å². The Labute approximate surface area is 136 Å². The van der Waals surface area contributed by atoms with Crippen LogP contribution in [0.2, 0.25) is 0 Å². The van der Waals surface area contributed by atoms with Gasteiger partial charge in [0.1, 0.15) is 0 Å². The van der Waals surface area contributed by atoms with Gasteiger partial charge in [0.2, 0.25) is 0 Å². The molecule has 3 nitrogen and oxygen atoms in total. The van der Waals surface area contributed by atoms with Crippen LogP contribution in [0, 0.1) is 23.7 Å². The smallest absolute Gasteiger partial charge is 0.157 e. The first-order valence-corrected chi connectivity index (χ1v) is 9.15. The largest absolute Gasteiger partial charge is 0.378 e. The lowest BCUT2D eigenvalue weighted by molar-refractivity contribution is -0.155. The molecule has 3 heteroatoms. The van der Waals surface area contributed by atoms with Crippen LogP contribution in [0.3, 0.4) is 0 Å². The fourth-order valence-corrected chi connectivity index (χ4v) is 4.27. The minimum absolute atomic E-state index is 0.188. The molecule has 0 radical (unpaired) electrons. The first-order chi connectivity index (χ1) is 10.6. The van der Waals surface area contributed by atoms with Crippen molar-refractivity contribution in [3.63, 3.8) is 0 Å². The van der Waals surface area contributed by atoms with Gasteiger partial charge in [0.15, 0.2) is 6.29 Å². The molecule has 128 valence electrons. The van der Waals surface area contributed by atoms with Crippen LogP contribution >= 0.6 is 0 Å². The van der Waals surface area contributed by atoms with Crippen LogP contribution in [-0.4, -0.2) is 30.7 Å². The Morgan fingerprint density at radius 1 is 1.32 bits per heavy atom. The van der Waals surface area contributed by atoms with E-state index in [0.717, 1.165) is 25.4 Å². The summed E-state index contributed by atoms with van der Waals surface area (Å²) in [7, 11) is 0. The van der Waals surface area contributed by atoms with Crippen molar-refractivity contribution in [2.24, 2.45) is 23.7 Å². The molecule has 2 fully saturated rings. The van der Waals surface area contributed by atoms with E-state index in [4.69, 9.17) is 9.47 Å².